The first-order chi connectivity index (χ1) is 9.90. The summed E-state index contributed by atoms with van der Waals surface area (Å²) < 4.78 is 0. The molecule has 0 bridgehead atoms. The monoisotopic (exact) mass is 2670 g/mol. The van der Waals surface area contributed by atoms with Crippen LogP contribution in [0.5, 0.6) is 0 Å². The standard InChI is InChI=1S/7CHNS.98Na/c7*2-1-3;;;;;;;;;;;;;;;;;;;;;;;;;;;;;;;;;;;;;;;;;;;;;;;;;;;;;;;;;;;;;;;;;;;;;;;;;;;;;;;;;;;;;;;;;;;;;;;;;;/h7*3H;;;;;;;;;;;;;;;;;;;;;;;;;;;;;;;;;;;;;;;;;;;;;;;;;;;;;;;;;;;;;;;;;;;;;;;;;;;;;;;;;;;;;;;;;;;;;;;;;;/q;;;;;;;98*+1. The molecule has 0 atom stereocenters. The Morgan fingerprint density at radius 3 is 0.0588 bits per heavy atom. The van der Waals surface area contributed by atoms with E-state index in [4.69, 9.17) is 36.8 Å². The van der Waals surface area contributed by atoms with Crippen molar-refractivity contribution in [3.63, 3.8) is 0 Å². The van der Waals surface area contributed by atoms with Crippen molar-refractivity contribution in [1.82, 2.24) is 0 Å². The largest absolute Gasteiger partial charge is 1.00 e. The van der Waals surface area contributed by atoms with Gasteiger partial charge in [-0.05, 0) is 0 Å². The van der Waals surface area contributed by atoms with Crippen molar-refractivity contribution in [2.45, 2.75) is 0 Å². The predicted octanol–water partition coefficient (Wildman–Crippen LogP) is -291. The second-order valence-corrected chi connectivity index (χ2v) is 2.10. The SMILES string of the molecule is N#CS.N#CS.N#CS.N#CS.N#CS.N#CS.N#CS.[Na+].[Na+].[Na+].[Na+].[Na+].[Na+].[Na+].[Na+].[Na+].[Na+].[Na+].[Na+].[Na+].[Na+].[Na+].[Na+].[Na+].[Na+].[Na+].[Na+].[Na+].[Na+].[Na+].[Na+].[Na+].[Na+].[Na+].[Na+].[Na+].[Na+].[Na+].[Na+].[Na+].[Na+].[Na+].[Na+].[Na+].[Na+].[Na+].[Na+].[Na+].[Na+].[Na+].[Na+].[Na+].[Na+].[Na+].[Na+].[Na+].[Na+].[Na+].[Na+].[Na+].[Na+].[Na+].[Na+].[Na+].[Na+].[Na+].[Na+].[Na+].[Na+].[Na+].[Na+].[Na+].[Na+].[Na+].[Na+].[Na+].[Na+].[Na+].[Na+].[Na+].[Na+].[Na+].[Na+].[Na+].[Na+].[Na+].[Na+].[Na+].[Na+].[Na+].[Na+].[Na+].[Na+].[Na+].[Na+].[Na+].[Na+].[Na+].[Na+].[Na+].[Na+].[Na+].[Na+].[Na+].[Na+]. The zero-order valence-corrected chi connectivity index (χ0v) is 310. The molecule has 0 spiro atoms. The predicted molar refractivity (Wildman–Crippen MR) is 102 cm³/mol. The van der Waals surface area contributed by atoms with E-state index in [-0.39, 0.29) is 2900 Å². The van der Waals surface area contributed by atoms with Crippen molar-refractivity contribution in [2.24, 2.45) is 0 Å². The smallest absolute Gasteiger partial charge is 0.185 e. The molecule has 0 aromatic heterocycles. The number of hydrogen-bond donors (Lipinski definition) is 7. The third-order valence-electron chi connectivity index (χ3n) is 0. The molecule has 0 aliphatic rings. The van der Waals surface area contributed by atoms with Crippen LogP contribution in [0.1, 0.15) is 0 Å². The molecule has 112 heteroatoms. The van der Waals surface area contributed by atoms with Crippen LogP contribution in [0.2, 0.25) is 0 Å². The average Bonchev–Trinajstić information content (AvgIpc) is 2.35. The minimum absolute atomic E-state index is 0. The van der Waals surface area contributed by atoms with Gasteiger partial charge in [-0.2, -0.15) is 36.8 Å². The van der Waals surface area contributed by atoms with E-state index < -0.39 is 0 Å². The van der Waals surface area contributed by atoms with Crippen LogP contribution < -0.4 is 2900 Å². The van der Waals surface area contributed by atoms with Crippen molar-refractivity contribution in [1.29, 1.82) is 36.8 Å². The van der Waals surface area contributed by atoms with Crippen molar-refractivity contribution in [2.75, 3.05) is 0 Å². The molecule has 0 radical (unpaired) electrons. The van der Waals surface area contributed by atoms with Gasteiger partial charge in [0.1, 0.15) is 37.8 Å². The third-order valence-corrected chi connectivity index (χ3v) is 0. The van der Waals surface area contributed by atoms with Gasteiger partial charge in [0.2, 0.25) is 0 Å². The molecule has 0 saturated heterocycles. The Hall–Kier alpha value is 96.9. The average molecular weight is 2670 g/mol. The maximum absolute atomic E-state index is 7.18. The number of nitrogens with zero attached hydrogens (tertiary/aromatic N) is 7. The Bertz CT molecular complexity index is 382. The Morgan fingerprint density at radius 2 is 0.0588 bits per heavy atom. The van der Waals surface area contributed by atoms with E-state index in [1.165, 1.54) is 37.8 Å². The van der Waals surface area contributed by atoms with Gasteiger partial charge < -0.3 is 0 Å². The van der Waals surface area contributed by atoms with Gasteiger partial charge in [-0.15, -0.1) is 0 Å². The fraction of sp³-hybridized carbons (Fsp3) is 0. The normalized spacial score (nSPS) is 0.471. The first-order valence-corrected chi connectivity index (χ1v) is 6.26. The molecular formula is C7H7N7Na98S7+98. The molecule has 0 amide bonds. The third kappa shape index (κ3) is 1040. The molecule has 119 heavy (non-hydrogen) atoms. The second kappa shape index (κ2) is 911. The van der Waals surface area contributed by atoms with Gasteiger partial charge >= 0.3 is 2900 Å². The summed E-state index contributed by atoms with van der Waals surface area (Å²) in [5.41, 5.74) is 0. The maximum Gasteiger partial charge on any atom is 1.00 e. The summed E-state index contributed by atoms with van der Waals surface area (Å²) in [6.07, 6.45) is 0. The summed E-state index contributed by atoms with van der Waals surface area (Å²) in [6, 6.07) is 0. The molecule has 0 fully saturated rings. The van der Waals surface area contributed by atoms with Gasteiger partial charge in [-0.3, -0.25) is 0 Å². The van der Waals surface area contributed by atoms with E-state index in [9.17, 15) is 0 Å². The van der Waals surface area contributed by atoms with Crippen molar-refractivity contribution < 1.29 is 2900 Å². The molecule has 0 rings (SSSR count). The summed E-state index contributed by atoms with van der Waals surface area (Å²) >= 11 is 21.7. The minimum Gasteiger partial charge on any atom is -0.185 e. The zero-order valence-electron chi connectivity index (χ0n) is 108. The van der Waals surface area contributed by atoms with Gasteiger partial charge in [0, 0.05) is 0 Å². The second-order valence-electron chi connectivity index (χ2n) is 0.700. The van der Waals surface area contributed by atoms with Crippen LogP contribution in [-0.2, 0) is 0 Å². The fourth-order valence-corrected chi connectivity index (χ4v) is 0. The van der Waals surface area contributed by atoms with Crippen molar-refractivity contribution >= 4 is 88.4 Å². The number of thiol groups is 7. The fourth-order valence-electron chi connectivity index (χ4n) is 0. The van der Waals surface area contributed by atoms with Crippen LogP contribution in [-0.4, -0.2) is 0 Å². The van der Waals surface area contributed by atoms with Crippen LogP contribution in [0.3, 0.4) is 0 Å². The van der Waals surface area contributed by atoms with Crippen LogP contribution in [0, 0.1) is 74.6 Å². The van der Waals surface area contributed by atoms with Crippen LogP contribution >= 0.6 is 88.4 Å². The van der Waals surface area contributed by atoms with Gasteiger partial charge in [-0.1, -0.05) is 88.4 Å². The number of thiocyanates is 7. The van der Waals surface area contributed by atoms with E-state index in [0.717, 1.165) is 0 Å². The van der Waals surface area contributed by atoms with Crippen LogP contribution in [0.15, 0.2) is 0 Å². The molecule has 7 nitrogen and oxygen atoms in total. The van der Waals surface area contributed by atoms with Crippen molar-refractivity contribution in [3.05, 3.63) is 0 Å². The van der Waals surface area contributed by atoms with Gasteiger partial charge in [0.25, 0.3) is 0 Å². The first kappa shape index (κ1) is 811. The molecule has 0 aliphatic heterocycles. The Kier molecular flexibility index (Phi) is 6210. The quantitative estimate of drug-likeness (QED) is 0.0720. The zero-order chi connectivity index (χ0) is 18.9. The van der Waals surface area contributed by atoms with E-state index in [0.29, 0.717) is 0 Å². The van der Waals surface area contributed by atoms with Crippen LogP contribution in [0.25, 0.3) is 0 Å². The van der Waals surface area contributed by atoms with Crippen molar-refractivity contribution in [3.8, 4) is 37.8 Å². The molecule has 112 valence electrons. The van der Waals surface area contributed by atoms with E-state index in [2.05, 4.69) is 88.4 Å². The van der Waals surface area contributed by atoms with E-state index >= 15 is 0 Å². The molecule has 0 aliphatic carbocycles. The van der Waals surface area contributed by atoms with Crippen LogP contribution in [0.4, 0.5) is 0 Å². The molecule has 0 aromatic rings. The van der Waals surface area contributed by atoms with E-state index in [1.807, 2.05) is 0 Å². The number of rotatable bonds is 0. The molecule has 0 saturated carbocycles. The molecule has 0 unspecified atom stereocenters. The molecule has 0 aromatic carbocycles. The topological polar surface area (TPSA) is 167 Å². The van der Waals surface area contributed by atoms with E-state index in [1.54, 1.807) is 0 Å². The Balaban J connectivity index is -0.000000000164. The van der Waals surface area contributed by atoms with Gasteiger partial charge in [-0.25, -0.2) is 0 Å². The summed E-state index contributed by atoms with van der Waals surface area (Å²) in [7, 11) is 0. The molecule has 0 N–H and O–H groups in total. The Labute approximate surface area is 2950 Å². The number of hydrogen-bond acceptors (Lipinski definition) is 14. The summed E-state index contributed by atoms with van der Waals surface area (Å²) in [4.78, 5) is 0. The molecule has 0 heterocycles. The summed E-state index contributed by atoms with van der Waals surface area (Å²) in [5, 5.41) is 60.4. The summed E-state index contributed by atoms with van der Waals surface area (Å²) in [6.45, 7) is 0. The van der Waals surface area contributed by atoms with Gasteiger partial charge in [0.15, 0.2) is 0 Å². The number of nitriles is 7. The Morgan fingerprint density at radius 1 is 0.0588 bits per heavy atom. The van der Waals surface area contributed by atoms with Gasteiger partial charge in [0.05, 0.1) is 0 Å². The minimum atomic E-state index is 0. The first-order valence-electron chi connectivity index (χ1n) is 3.13. The molecular weight excluding hydrogens is 2660 g/mol. The summed E-state index contributed by atoms with van der Waals surface area (Å²) in [5.74, 6) is 0. The maximum atomic E-state index is 7.18.